The first-order valence-corrected chi connectivity index (χ1v) is 6.84. The Labute approximate surface area is 118 Å². The van der Waals surface area contributed by atoms with Crippen molar-refractivity contribution in [1.29, 1.82) is 0 Å². The highest BCUT2D eigenvalue weighted by molar-refractivity contribution is 5.83. The van der Waals surface area contributed by atoms with E-state index in [0.29, 0.717) is 13.1 Å². The summed E-state index contributed by atoms with van der Waals surface area (Å²) in [6, 6.07) is -1.28. The second kappa shape index (κ2) is 5.21. The Kier molecular flexibility index (Phi) is 3.93. The molecule has 0 bridgehead atoms. The first kappa shape index (κ1) is 15.1. The number of hydrogen-bond acceptors (Lipinski definition) is 4. The zero-order valence-electron chi connectivity index (χ0n) is 12.1. The lowest BCUT2D eigenvalue weighted by Gasteiger charge is -2.43. The second-order valence-corrected chi connectivity index (χ2v) is 6.25. The monoisotopic (exact) mass is 286 g/mol. The number of carboxylic acids is 1. The molecular weight excluding hydrogens is 264 g/mol. The van der Waals surface area contributed by atoms with Gasteiger partial charge in [-0.1, -0.05) is 0 Å². The lowest BCUT2D eigenvalue weighted by Crippen LogP contribution is -2.58. The zero-order chi connectivity index (χ0) is 15.1. The van der Waals surface area contributed by atoms with Crippen molar-refractivity contribution in [2.24, 2.45) is 0 Å². The van der Waals surface area contributed by atoms with Crippen LogP contribution in [0.15, 0.2) is 0 Å². The normalized spacial score (nSPS) is 33.3. The van der Waals surface area contributed by atoms with E-state index in [1.54, 1.807) is 4.90 Å². The summed E-state index contributed by atoms with van der Waals surface area (Å²) in [5.74, 6) is -1.07. The van der Waals surface area contributed by atoms with Crippen molar-refractivity contribution in [2.75, 3.05) is 19.6 Å². The SMILES string of the molecule is CC1CN(C(=O)N2C[C@H](O)C[C@@H]2C(=O)O)CC(C)(C)O1. The lowest BCUT2D eigenvalue weighted by molar-refractivity contribution is -0.142. The van der Waals surface area contributed by atoms with Gasteiger partial charge in [-0.3, -0.25) is 0 Å². The molecule has 7 heteroatoms. The van der Waals surface area contributed by atoms with Crippen LogP contribution >= 0.6 is 0 Å². The molecule has 0 aromatic rings. The van der Waals surface area contributed by atoms with E-state index in [-0.39, 0.29) is 25.1 Å². The minimum atomic E-state index is -1.07. The number of aliphatic hydroxyl groups excluding tert-OH is 1. The average Bonchev–Trinajstić information content (AvgIpc) is 2.67. The highest BCUT2D eigenvalue weighted by Crippen LogP contribution is 2.25. The molecule has 114 valence electrons. The molecule has 0 spiro atoms. The van der Waals surface area contributed by atoms with Gasteiger partial charge in [0.25, 0.3) is 0 Å². The van der Waals surface area contributed by atoms with E-state index in [9.17, 15) is 14.7 Å². The van der Waals surface area contributed by atoms with Gasteiger partial charge in [-0.25, -0.2) is 9.59 Å². The molecule has 0 aliphatic carbocycles. The van der Waals surface area contributed by atoms with E-state index in [1.165, 1.54) is 4.90 Å². The summed E-state index contributed by atoms with van der Waals surface area (Å²) >= 11 is 0. The van der Waals surface area contributed by atoms with Gasteiger partial charge >= 0.3 is 12.0 Å². The van der Waals surface area contributed by atoms with Crippen molar-refractivity contribution >= 4 is 12.0 Å². The van der Waals surface area contributed by atoms with Crippen LogP contribution in [-0.2, 0) is 9.53 Å². The van der Waals surface area contributed by atoms with E-state index >= 15 is 0 Å². The van der Waals surface area contributed by atoms with Gasteiger partial charge in [0, 0.05) is 19.5 Å². The zero-order valence-corrected chi connectivity index (χ0v) is 12.1. The highest BCUT2D eigenvalue weighted by Gasteiger charge is 2.43. The van der Waals surface area contributed by atoms with E-state index < -0.39 is 23.7 Å². The van der Waals surface area contributed by atoms with Gasteiger partial charge in [-0.15, -0.1) is 0 Å². The molecule has 2 fully saturated rings. The summed E-state index contributed by atoms with van der Waals surface area (Å²) in [7, 11) is 0. The van der Waals surface area contributed by atoms with Crippen LogP contribution in [-0.4, -0.2) is 75.5 Å². The van der Waals surface area contributed by atoms with Crippen LogP contribution in [0.4, 0.5) is 4.79 Å². The van der Waals surface area contributed by atoms with Crippen molar-refractivity contribution in [2.45, 2.75) is 51.0 Å². The number of carboxylic acid groups (broad SMARTS) is 1. The Morgan fingerprint density at radius 1 is 1.30 bits per heavy atom. The fourth-order valence-electron chi connectivity index (χ4n) is 3.04. The van der Waals surface area contributed by atoms with Crippen LogP contribution in [0.1, 0.15) is 27.2 Å². The third kappa shape index (κ3) is 3.04. The number of amides is 2. The molecule has 2 aliphatic heterocycles. The lowest BCUT2D eigenvalue weighted by atomic mass is 10.1. The number of hydrogen-bond donors (Lipinski definition) is 2. The Morgan fingerprint density at radius 2 is 1.95 bits per heavy atom. The van der Waals surface area contributed by atoms with Crippen LogP contribution in [0.5, 0.6) is 0 Å². The van der Waals surface area contributed by atoms with Crippen LogP contribution in [0.2, 0.25) is 0 Å². The van der Waals surface area contributed by atoms with Gasteiger partial charge < -0.3 is 24.7 Å². The molecule has 1 unspecified atom stereocenters. The maximum atomic E-state index is 12.5. The number of rotatable bonds is 1. The number of likely N-dealkylation sites (tertiary alicyclic amines) is 1. The first-order chi connectivity index (χ1) is 9.19. The number of ether oxygens (including phenoxy) is 1. The van der Waals surface area contributed by atoms with Gasteiger partial charge in [-0.05, 0) is 20.8 Å². The fraction of sp³-hybridized carbons (Fsp3) is 0.846. The molecule has 2 amide bonds. The molecule has 7 nitrogen and oxygen atoms in total. The molecule has 0 radical (unpaired) electrons. The van der Waals surface area contributed by atoms with Crippen molar-refractivity contribution in [3.05, 3.63) is 0 Å². The third-order valence-corrected chi connectivity index (χ3v) is 3.65. The van der Waals surface area contributed by atoms with Gasteiger partial charge in [0.05, 0.1) is 24.4 Å². The Bertz CT molecular complexity index is 412. The molecule has 2 rings (SSSR count). The summed E-state index contributed by atoms with van der Waals surface area (Å²) in [5.41, 5.74) is -0.454. The van der Waals surface area contributed by atoms with Crippen molar-refractivity contribution in [3.8, 4) is 0 Å². The van der Waals surface area contributed by atoms with E-state index in [1.807, 2.05) is 20.8 Å². The number of urea groups is 1. The van der Waals surface area contributed by atoms with Crippen LogP contribution < -0.4 is 0 Å². The van der Waals surface area contributed by atoms with Crippen molar-refractivity contribution < 1.29 is 24.5 Å². The molecule has 2 N–H and O–H groups in total. The summed E-state index contributed by atoms with van der Waals surface area (Å²) in [4.78, 5) is 26.6. The maximum absolute atomic E-state index is 12.5. The molecule has 2 heterocycles. The van der Waals surface area contributed by atoms with Crippen LogP contribution in [0.25, 0.3) is 0 Å². The standard InChI is InChI=1S/C13H22N2O5/c1-8-5-14(7-13(2,3)20-8)12(19)15-6-9(16)4-10(15)11(17)18/h8-10,16H,4-7H2,1-3H3,(H,17,18)/t8?,9-,10-/m1/s1. The third-order valence-electron chi connectivity index (χ3n) is 3.65. The molecule has 3 atom stereocenters. The molecule has 0 aromatic heterocycles. The molecule has 2 saturated heterocycles. The van der Waals surface area contributed by atoms with E-state index in [2.05, 4.69) is 0 Å². The summed E-state index contributed by atoms with van der Waals surface area (Å²) in [5, 5.41) is 18.8. The Hall–Kier alpha value is -1.34. The van der Waals surface area contributed by atoms with Crippen molar-refractivity contribution in [3.63, 3.8) is 0 Å². The molecule has 20 heavy (non-hydrogen) atoms. The Morgan fingerprint density at radius 3 is 2.50 bits per heavy atom. The molecule has 2 aliphatic rings. The Balaban J connectivity index is 2.12. The van der Waals surface area contributed by atoms with Gasteiger partial charge in [0.1, 0.15) is 6.04 Å². The quantitative estimate of drug-likeness (QED) is 0.715. The van der Waals surface area contributed by atoms with Gasteiger partial charge in [0.2, 0.25) is 0 Å². The predicted molar refractivity (Wildman–Crippen MR) is 70.3 cm³/mol. The minimum absolute atomic E-state index is 0.0714. The van der Waals surface area contributed by atoms with E-state index in [0.717, 1.165) is 0 Å². The summed E-state index contributed by atoms with van der Waals surface area (Å²) in [6.45, 7) is 6.60. The van der Waals surface area contributed by atoms with Crippen molar-refractivity contribution in [1.82, 2.24) is 9.80 Å². The van der Waals surface area contributed by atoms with Gasteiger partial charge in [0.15, 0.2) is 0 Å². The topological polar surface area (TPSA) is 90.3 Å². The number of carbonyl (C=O) groups excluding carboxylic acids is 1. The maximum Gasteiger partial charge on any atom is 0.326 e. The molecule has 0 saturated carbocycles. The van der Waals surface area contributed by atoms with Crippen LogP contribution in [0, 0.1) is 0 Å². The number of aliphatic hydroxyl groups is 1. The van der Waals surface area contributed by atoms with Gasteiger partial charge in [-0.2, -0.15) is 0 Å². The minimum Gasteiger partial charge on any atom is -0.480 e. The largest absolute Gasteiger partial charge is 0.480 e. The fourth-order valence-corrected chi connectivity index (χ4v) is 3.04. The highest BCUT2D eigenvalue weighted by atomic mass is 16.5. The predicted octanol–water partition coefficient (Wildman–Crippen LogP) is 0.125. The molecular formula is C13H22N2O5. The summed E-state index contributed by atoms with van der Waals surface area (Å²) in [6.07, 6.45) is -0.783. The number of carbonyl (C=O) groups is 2. The van der Waals surface area contributed by atoms with E-state index in [4.69, 9.17) is 9.84 Å². The number of aliphatic carboxylic acids is 1. The summed E-state index contributed by atoms with van der Waals surface area (Å²) < 4.78 is 5.73. The average molecular weight is 286 g/mol. The smallest absolute Gasteiger partial charge is 0.326 e. The van der Waals surface area contributed by atoms with Crippen LogP contribution in [0.3, 0.4) is 0 Å². The number of nitrogens with zero attached hydrogens (tertiary/aromatic N) is 2. The second-order valence-electron chi connectivity index (χ2n) is 6.25. The first-order valence-electron chi connectivity index (χ1n) is 6.84. The molecule has 0 aromatic carbocycles. The number of morpholine rings is 1. The number of β-amino-alcohol motifs (C(OH)–C–C–N with tert-alkyl or cyclic N) is 1.